The van der Waals surface area contributed by atoms with Crippen molar-refractivity contribution in [3.63, 3.8) is 0 Å². The number of hydrogen-bond donors (Lipinski definition) is 1. The number of halogens is 1. The van der Waals surface area contributed by atoms with E-state index >= 15 is 0 Å². The molecular formula is C24H25ClN2O5S. The Hall–Kier alpha value is -3.23. The number of ether oxygens (including phenoxy) is 2. The second-order valence-electron chi connectivity index (χ2n) is 7.15. The lowest BCUT2D eigenvalue weighted by molar-refractivity contribution is -0.114. The lowest BCUT2D eigenvalue weighted by Crippen LogP contribution is -2.38. The van der Waals surface area contributed by atoms with Crippen LogP contribution in [0.1, 0.15) is 12.5 Å². The summed E-state index contributed by atoms with van der Waals surface area (Å²) in [5, 5.41) is 3.03. The highest BCUT2D eigenvalue weighted by Gasteiger charge is 2.29. The molecule has 33 heavy (non-hydrogen) atoms. The number of aryl methyl sites for hydroxylation is 1. The standard InChI is InChI=1S/C24H25ClN2O5S/c1-4-32-20-7-5-6-19(15-20)26-24(28)16-27(22-14-18(25)10-13-23(22)31-3)33(29,30)21-11-8-17(2)9-12-21/h5-15H,4,16H2,1-3H3,(H,26,28). The van der Waals surface area contributed by atoms with Crippen LogP contribution in [-0.2, 0) is 14.8 Å². The number of nitrogens with one attached hydrogen (secondary N) is 1. The Labute approximate surface area is 198 Å². The van der Waals surface area contributed by atoms with Gasteiger partial charge in [-0.15, -0.1) is 0 Å². The van der Waals surface area contributed by atoms with E-state index in [-0.39, 0.29) is 16.3 Å². The fraction of sp³-hybridized carbons (Fsp3) is 0.208. The molecule has 0 saturated heterocycles. The van der Waals surface area contributed by atoms with Crippen molar-refractivity contribution in [1.82, 2.24) is 0 Å². The Balaban J connectivity index is 1.99. The van der Waals surface area contributed by atoms with Gasteiger partial charge in [0.1, 0.15) is 18.0 Å². The molecule has 0 atom stereocenters. The summed E-state index contributed by atoms with van der Waals surface area (Å²) in [4.78, 5) is 13.0. The fourth-order valence-corrected chi connectivity index (χ4v) is 4.75. The summed E-state index contributed by atoms with van der Waals surface area (Å²) < 4.78 is 39.0. The maximum absolute atomic E-state index is 13.6. The zero-order valence-electron chi connectivity index (χ0n) is 18.5. The third-order valence-corrected chi connectivity index (χ3v) is 6.74. The van der Waals surface area contributed by atoms with E-state index in [4.69, 9.17) is 21.1 Å². The van der Waals surface area contributed by atoms with Gasteiger partial charge in [-0.1, -0.05) is 35.4 Å². The lowest BCUT2D eigenvalue weighted by Gasteiger charge is -2.26. The molecule has 9 heteroatoms. The summed E-state index contributed by atoms with van der Waals surface area (Å²) >= 11 is 6.16. The molecule has 174 valence electrons. The average molecular weight is 489 g/mol. The largest absolute Gasteiger partial charge is 0.495 e. The van der Waals surface area contributed by atoms with Crippen molar-refractivity contribution in [3.05, 3.63) is 77.3 Å². The summed E-state index contributed by atoms with van der Waals surface area (Å²) in [6, 6.07) is 17.8. The molecule has 0 heterocycles. The van der Waals surface area contributed by atoms with Gasteiger partial charge in [-0.2, -0.15) is 0 Å². The van der Waals surface area contributed by atoms with Gasteiger partial charge in [-0.3, -0.25) is 9.10 Å². The zero-order valence-corrected chi connectivity index (χ0v) is 20.1. The molecule has 0 bridgehead atoms. The normalized spacial score (nSPS) is 11.0. The molecule has 3 rings (SSSR count). The third-order valence-electron chi connectivity index (χ3n) is 4.73. The minimum absolute atomic E-state index is 0.0428. The van der Waals surface area contributed by atoms with Crippen LogP contribution in [0.4, 0.5) is 11.4 Å². The maximum Gasteiger partial charge on any atom is 0.264 e. The number of rotatable bonds is 9. The van der Waals surface area contributed by atoms with Crippen LogP contribution < -0.4 is 19.1 Å². The number of carbonyl (C=O) groups excluding carboxylic acids is 1. The molecule has 0 aliphatic heterocycles. The number of sulfonamides is 1. The number of carbonyl (C=O) groups is 1. The van der Waals surface area contributed by atoms with Gasteiger partial charge in [0.2, 0.25) is 5.91 Å². The van der Waals surface area contributed by atoms with Gasteiger partial charge in [-0.05, 0) is 56.3 Å². The van der Waals surface area contributed by atoms with Crippen LogP contribution in [-0.4, -0.2) is 34.6 Å². The molecule has 1 N–H and O–H groups in total. The van der Waals surface area contributed by atoms with E-state index in [0.29, 0.717) is 23.1 Å². The Kier molecular flexibility index (Phi) is 7.84. The molecule has 0 unspecified atom stereocenters. The van der Waals surface area contributed by atoms with Crippen molar-refractivity contribution in [2.45, 2.75) is 18.7 Å². The fourth-order valence-electron chi connectivity index (χ4n) is 3.16. The Morgan fingerprint density at radius 3 is 2.45 bits per heavy atom. The first kappa shape index (κ1) is 24.4. The van der Waals surface area contributed by atoms with Crippen molar-refractivity contribution in [2.75, 3.05) is 29.9 Å². The summed E-state index contributed by atoms with van der Waals surface area (Å²) in [5.41, 5.74) is 1.55. The molecule has 3 aromatic carbocycles. The van der Waals surface area contributed by atoms with E-state index in [1.54, 1.807) is 48.5 Å². The number of amides is 1. The summed E-state index contributed by atoms with van der Waals surface area (Å²) in [5.74, 6) is 0.318. The van der Waals surface area contributed by atoms with Gasteiger partial charge in [0.15, 0.2) is 0 Å². The van der Waals surface area contributed by atoms with Crippen molar-refractivity contribution in [1.29, 1.82) is 0 Å². The highest BCUT2D eigenvalue weighted by atomic mass is 35.5. The van der Waals surface area contributed by atoms with Gasteiger partial charge in [0.05, 0.1) is 24.3 Å². The molecular weight excluding hydrogens is 464 g/mol. The molecule has 0 aliphatic rings. The predicted molar refractivity (Wildman–Crippen MR) is 130 cm³/mol. The molecule has 0 spiro atoms. The van der Waals surface area contributed by atoms with Crippen molar-refractivity contribution >= 4 is 38.9 Å². The van der Waals surface area contributed by atoms with Crippen LogP contribution in [0.5, 0.6) is 11.5 Å². The van der Waals surface area contributed by atoms with Gasteiger partial charge in [0, 0.05) is 16.8 Å². The maximum atomic E-state index is 13.6. The minimum atomic E-state index is -4.12. The highest BCUT2D eigenvalue weighted by Crippen LogP contribution is 2.35. The molecule has 0 aromatic heterocycles. The summed E-state index contributed by atoms with van der Waals surface area (Å²) in [7, 11) is -2.70. The number of benzene rings is 3. The van der Waals surface area contributed by atoms with Crippen LogP contribution in [0.25, 0.3) is 0 Å². The second-order valence-corrected chi connectivity index (χ2v) is 9.45. The summed E-state index contributed by atoms with van der Waals surface area (Å²) in [6.45, 7) is 3.70. The second kappa shape index (κ2) is 10.6. The van der Waals surface area contributed by atoms with Gasteiger partial charge >= 0.3 is 0 Å². The Morgan fingerprint density at radius 1 is 1.06 bits per heavy atom. The molecule has 0 saturated carbocycles. The average Bonchev–Trinajstić information content (AvgIpc) is 2.78. The Morgan fingerprint density at radius 2 is 1.79 bits per heavy atom. The highest BCUT2D eigenvalue weighted by molar-refractivity contribution is 7.92. The quantitative estimate of drug-likeness (QED) is 0.463. The third kappa shape index (κ3) is 5.97. The molecule has 1 amide bonds. The topological polar surface area (TPSA) is 84.9 Å². The SMILES string of the molecule is CCOc1cccc(NC(=O)CN(c2cc(Cl)ccc2OC)S(=O)(=O)c2ccc(C)cc2)c1. The summed E-state index contributed by atoms with van der Waals surface area (Å²) in [6.07, 6.45) is 0. The number of nitrogens with zero attached hydrogens (tertiary/aromatic N) is 1. The zero-order chi connectivity index (χ0) is 24.0. The first-order chi connectivity index (χ1) is 15.7. The molecule has 7 nitrogen and oxygen atoms in total. The van der Waals surface area contributed by atoms with Crippen LogP contribution in [0.15, 0.2) is 71.6 Å². The Bertz CT molecular complexity index is 1230. The van der Waals surface area contributed by atoms with Crippen LogP contribution >= 0.6 is 11.6 Å². The predicted octanol–water partition coefficient (Wildman–Crippen LogP) is 4.89. The van der Waals surface area contributed by atoms with E-state index in [2.05, 4.69) is 5.32 Å². The first-order valence-corrected chi connectivity index (χ1v) is 12.0. The van der Waals surface area contributed by atoms with Crippen LogP contribution in [0, 0.1) is 6.92 Å². The number of anilines is 2. The van der Waals surface area contributed by atoms with E-state index < -0.39 is 22.5 Å². The monoisotopic (exact) mass is 488 g/mol. The smallest absolute Gasteiger partial charge is 0.264 e. The van der Waals surface area contributed by atoms with E-state index in [9.17, 15) is 13.2 Å². The lowest BCUT2D eigenvalue weighted by atomic mass is 10.2. The molecule has 0 radical (unpaired) electrons. The van der Waals surface area contributed by atoms with E-state index in [0.717, 1.165) is 9.87 Å². The van der Waals surface area contributed by atoms with Crippen molar-refractivity contribution < 1.29 is 22.7 Å². The molecule has 3 aromatic rings. The number of methoxy groups -OCH3 is 1. The van der Waals surface area contributed by atoms with Crippen LogP contribution in [0.3, 0.4) is 0 Å². The van der Waals surface area contributed by atoms with E-state index in [1.165, 1.54) is 25.3 Å². The molecule has 0 aliphatic carbocycles. The van der Waals surface area contributed by atoms with Gasteiger partial charge in [-0.25, -0.2) is 8.42 Å². The minimum Gasteiger partial charge on any atom is -0.495 e. The van der Waals surface area contributed by atoms with Gasteiger partial charge < -0.3 is 14.8 Å². The van der Waals surface area contributed by atoms with E-state index in [1.807, 2.05) is 13.8 Å². The van der Waals surface area contributed by atoms with Crippen LogP contribution in [0.2, 0.25) is 5.02 Å². The first-order valence-electron chi connectivity index (χ1n) is 10.2. The number of hydrogen-bond acceptors (Lipinski definition) is 5. The van der Waals surface area contributed by atoms with Crippen molar-refractivity contribution in [2.24, 2.45) is 0 Å². The van der Waals surface area contributed by atoms with Crippen molar-refractivity contribution in [3.8, 4) is 11.5 Å². The van der Waals surface area contributed by atoms with Gasteiger partial charge in [0.25, 0.3) is 10.0 Å². The molecule has 0 fully saturated rings.